The summed E-state index contributed by atoms with van der Waals surface area (Å²) in [5, 5.41) is 2.31. The number of allylic oxidation sites excluding steroid dienone is 2. The summed E-state index contributed by atoms with van der Waals surface area (Å²) in [6, 6.07) is 2.41. The summed E-state index contributed by atoms with van der Waals surface area (Å²) < 4.78 is 0. The summed E-state index contributed by atoms with van der Waals surface area (Å²) in [5.74, 6) is 0.777. The van der Waals surface area contributed by atoms with Gasteiger partial charge < -0.3 is 0 Å². The predicted octanol–water partition coefficient (Wildman–Crippen LogP) is 5.45. The first-order chi connectivity index (χ1) is 8.36. The molecule has 0 saturated carbocycles. The SMILES string of the molecule is CC1=C([C@H]2CCCCCc3sccc32)CCC1. The Hall–Kier alpha value is -0.560. The Kier molecular flexibility index (Phi) is 3.37. The van der Waals surface area contributed by atoms with E-state index in [1.807, 2.05) is 11.3 Å². The molecule has 0 N–H and O–H groups in total. The molecule has 0 radical (unpaired) electrons. The molecule has 0 spiro atoms. The van der Waals surface area contributed by atoms with Crippen LogP contribution in [0.5, 0.6) is 0 Å². The molecule has 0 nitrogen and oxygen atoms in total. The van der Waals surface area contributed by atoms with Crippen molar-refractivity contribution >= 4 is 11.3 Å². The maximum atomic E-state index is 2.41. The van der Waals surface area contributed by atoms with E-state index in [4.69, 9.17) is 0 Å². The Bertz CT molecular complexity index is 424. The molecule has 17 heavy (non-hydrogen) atoms. The maximum absolute atomic E-state index is 2.41. The first-order valence-electron chi connectivity index (χ1n) is 7.11. The molecule has 0 aliphatic heterocycles. The van der Waals surface area contributed by atoms with Crippen molar-refractivity contribution in [1.29, 1.82) is 0 Å². The minimum Gasteiger partial charge on any atom is -0.149 e. The molecular formula is C16H22S. The van der Waals surface area contributed by atoms with Gasteiger partial charge in [-0.1, -0.05) is 24.0 Å². The molecule has 1 heterocycles. The van der Waals surface area contributed by atoms with E-state index in [-0.39, 0.29) is 0 Å². The fourth-order valence-corrected chi connectivity index (χ4v) is 4.57. The van der Waals surface area contributed by atoms with Gasteiger partial charge in [0, 0.05) is 10.8 Å². The van der Waals surface area contributed by atoms with Crippen molar-refractivity contribution in [2.24, 2.45) is 0 Å². The van der Waals surface area contributed by atoms with Crippen LogP contribution in [0.1, 0.15) is 68.2 Å². The van der Waals surface area contributed by atoms with Crippen molar-refractivity contribution in [3.63, 3.8) is 0 Å². The van der Waals surface area contributed by atoms with Crippen LogP contribution < -0.4 is 0 Å². The molecule has 2 aliphatic carbocycles. The number of thiophene rings is 1. The summed E-state index contributed by atoms with van der Waals surface area (Å²) in [6.45, 7) is 2.37. The van der Waals surface area contributed by atoms with Crippen LogP contribution in [0, 0.1) is 0 Å². The molecule has 1 aromatic rings. The topological polar surface area (TPSA) is 0 Å². The fourth-order valence-electron chi connectivity index (χ4n) is 3.58. The molecule has 1 heteroatoms. The highest BCUT2D eigenvalue weighted by molar-refractivity contribution is 7.10. The van der Waals surface area contributed by atoms with E-state index >= 15 is 0 Å². The van der Waals surface area contributed by atoms with Gasteiger partial charge >= 0.3 is 0 Å². The lowest BCUT2D eigenvalue weighted by molar-refractivity contribution is 0.568. The summed E-state index contributed by atoms with van der Waals surface area (Å²) in [5.41, 5.74) is 5.19. The molecule has 1 aromatic heterocycles. The third-order valence-corrected chi connectivity index (χ3v) is 5.52. The average Bonchev–Trinajstić information content (AvgIpc) is 2.89. The monoisotopic (exact) mass is 246 g/mol. The van der Waals surface area contributed by atoms with Crippen molar-refractivity contribution < 1.29 is 0 Å². The first-order valence-corrected chi connectivity index (χ1v) is 7.99. The average molecular weight is 246 g/mol. The van der Waals surface area contributed by atoms with Gasteiger partial charge in [0.25, 0.3) is 0 Å². The van der Waals surface area contributed by atoms with E-state index in [1.165, 1.54) is 51.4 Å². The molecule has 0 fully saturated rings. The van der Waals surface area contributed by atoms with Gasteiger partial charge in [0.15, 0.2) is 0 Å². The number of rotatable bonds is 1. The van der Waals surface area contributed by atoms with Crippen LogP contribution in [0.15, 0.2) is 22.6 Å². The van der Waals surface area contributed by atoms with Gasteiger partial charge in [-0.3, -0.25) is 0 Å². The molecule has 1 atom stereocenters. The van der Waals surface area contributed by atoms with E-state index in [9.17, 15) is 0 Å². The minimum atomic E-state index is 0.777. The molecule has 2 aliphatic rings. The number of fused-ring (bicyclic) bond motifs is 1. The fraction of sp³-hybridized carbons (Fsp3) is 0.625. The quantitative estimate of drug-likeness (QED) is 0.578. The van der Waals surface area contributed by atoms with Crippen molar-refractivity contribution in [3.8, 4) is 0 Å². The van der Waals surface area contributed by atoms with Crippen LogP contribution in [0.4, 0.5) is 0 Å². The van der Waals surface area contributed by atoms with E-state index in [0.29, 0.717) is 0 Å². The Morgan fingerprint density at radius 2 is 2.00 bits per heavy atom. The molecule has 0 saturated heterocycles. The minimum absolute atomic E-state index is 0.777. The molecule has 0 bridgehead atoms. The van der Waals surface area contributed by atoms with Crippen molar-refractivity contribution in [2.75, 3.05) is 0 Å². The van der Waals surface area contributed by atoms with Gasteiger partial charge in [-0.2, -0.15) is 0 Å². The standard InChI is InChI=1S/C16H22S/c1-12-6-5-8-13(12)14-7-3-2-4-9-16-15(14)10-11-17-16/h10-11,14H,2-9H2,1H3/t14-/m1/s1. The van der Waals surface area contributed by atoms with E-state index < -0.39 is 0 Å². The van der Waals surface area contributed by atoms with Crippen LogP contribution in [0.2, 0.25) is 0 Å². The second-order valence-electron chi connectivity index (χ2n) is 5.61. The zero-order chi connectivity index (χ0) is 11.7. The third kappa shape index (κ3) is 2.22. The van der Waals surface area contributed by atoms with Crippen LogP contribution in [0.3, 0.4) is 0 Å². The lowest BCUT2D eigenvalue weighted by atomic mass is 9.83. The van der Waals surface area contributed by atoms with Crippen LogP contribution in [-0.4, -0.2) is 0 Å². The summed E-state index contributed by atoms with van der Waals surface area (Å²) in [6.07, 6.45) is 11.1. The van der Waals surface area contributed by atoms with E-state index in [1.54, 1.807) is 21.6 Å². The van der Waals surface area contributed by atoms with Crippen LogP contribution in [-0.2, 0) is 6.42 Å². The molecule has 0 aromatic carbocycles. The number of aryl methyl sites for hydroxylation is 1. The van der Waals surface area contributed by atoms with Gasteiger partial charge in [0.2, 0.25) is 0 Å². The zero-order valence-electron chi connectivity index (χ0n) is 10.8. The Balaban J connectivity index is 1.97. The van der Waals surface area contributed by atoms with Crippen molar-refractivity contribution in [1.82, 2.24) is 0 Å². The van der Waals surface area contributed by atoms with Gasteiger partial charge in [0.1, 0.15) is 0 Å². The summed E-state index contributed by atoms with van der Waals surface area (Å²) in [7, 11) is 0. The highest BCUT2D eigenvalue weighted by Crippen LogP contribution is 2.43. The van der Waals surface area contributed by atoms with Gasteiger partial charge in [-0.15, -0.1) is 11.3 Å². The van der Waals surface area contributed by atoms with E-state index in [0.717, 1.165) is 5.92 Å². The largest absolute Gasteiger partial charge is 0.149 e. The van der Waals surface area contributed by atoms with Gasteiger partial charge in [0.05, 0.1) is 0 Å². The summed E-state index contributed by atoms with van der Waals surface area (Å²) >= 11 is 1.99. The van der Waals surface area contributed by atoms with Crippen molar-refractivity contribution in [2.45, 2.75) is 64.2 Å². The molecular weight excluding hydrogens is 224 g/mol. The third-order valence-electron chi connectivity index (χ3n) is 4.52. The van der Waals surface area contributed by atoms with E-state index in [2.05, 4.69) is 18.4 Å². The highest BCUT2D eigenvalue weighted by Gasteiger charge is 2.25. The number of hydrogen-bond donors (Lipinski definition) is 0. The van der Waals surface area contributed by atoms with Gasteiger partial charge in [-0.05, 0) is 62.5 Å². The van der Waals surface area contributed by atoms with Crippen molar-refractivity contribution in [3.05, 3.63) is 33.0 Å². The second kappa shape index (κ2) is 4.97. The number of hydrogen-bond acceptors (Lipinski definition) is 1. The summed E-state index contributed by atoms with van der Waals surface area (Å²) in [4.78, 5) is 1.68. The first kappa shape index (κ1) is 11.5. The van der Waals surface area contributed by atoms with Crippen LogP contribution in [0.25, 0.3) is 0 Å². The second-order valence-corrected chi connectivity index (χ2v) is 6.61. The Labute approximate surface area is 109 Å². The Morgan fingerprint density at radius 3 is 2.82 bits per heavy atom. The van der Waals surface area contributed by atoms with Crippen LogP contribution >= 0.6 is 11.3 Å². The van der Waals surface area contributed by atoms with Gasteiger partial charge in [-0.25, -0.2) is 0 Å². The smallest absolute Gasteiger partial charge is 0.00833 e. The lowest BCUT2D eigenvalue weighted by Gasteiger charge is -2.23. The molecule has 3 rings (SSSR count). The predicted molar refractivity (Wildman–Crippen MR) is 75.8 cm³/mol. The molecule has 92 valence electrons. The molecule has 0 amide bonds. The highest BCUT2D eigenvalue weighted by atomic mass is 32.1. The normalized spacial score (nSPS) is 25.6. The lowest BCUT2D eigenvalue weighted by Crippen LogP contribution is -2.06. The Morgan fingerprint density at radius 1 is 1.06 bits per heavy atom. The zero-order valence-corrected chi connectivity index (χ0v) is 11.6. The molecule has 0 unspecified atom stereocenters. The maximum Gasteiger partial charge on any atom is 0.00833 e.